The highest BCUT2D eigenvalue weighted by Gasteiger charge is 2.11. The smallest absolute Gasteiger partial charge is 0.250 e. The van der Waals surface area contributed by atoms with Gasteiger partial charge < -0.3 is 15.4 Å². The summed E-state index contributed by atoms with van der Waals surface area (Å²) < 4.78 is 5.14. The number of rotatable bonds is 7. The van der Waals surface area contributed by atoms with Gasteiger partial charge in [-0.25, -0.2) is 0 Å². The second kappa shape index (κ2) is 9.42. The van der Waals surface area contributed by atoms with Crippen LogP contribution in [0.3, 0.4) is 0 Å². The molecule has 132 valence electrons. The van der Waals surface area contributed by atoms with Crippen LogP contribution in [0, 0.1) is 0 Å². The average molecular weight is 381 g/mol. The van der Waals surface area contributed by atoms with Gasteiger partial charge in [-0.05, 0) is 24.6 Å². The minimum Gasteiger partial charge on any atom is -0.362 e. The summed E-state index contributed by atoms with van der Waals surface area (Å²) in [4.78, 5) is 23.7. The molecule has 0 saturated carbocycles. The van der Waals surface area contributed by atoms with Crippen molar-refractivity contribution in [3.05, 3.63) is 64.1 Å². The Morgan fingerprint density at radius 3 is 2.40 bits per heavy atom. The van der Waals surface area contributed by atoms with Gasteiger partial charge in [-0.15, -0.1) is 0 Å². The molecule has 2 aromatic rings. The summed E-state index contributed by atoms with van der Waals surface area (Å²) in [5.74, 6) is -0.724. The summed E-state index contributed by atoms with van der Waals surface area (Å²) in [5.41, 5.74) is 1.38. The van der Waals surface area contributed by atoms with Crippen molar-refractivity contribution in [2.45, 2.75) is 13.0 Å². The molecule has 2 amide bonds. The number of carbonyl (C=O) groups is 2. The van der Waals surface area contributed by atoms with Crippen LogP contribution in [0.1, 0.15) is 18.5 Å². The van der Waals surface area contributed by atoms with Crippen LogP contribution < -0.4 is 10.6 Å². The summed E-state index contributed by atoms with van der Waals surface area (Å²) >= 11 is 11.9. The van der Waals surface area contributed by atoms with Gasteiger partial charge in [0.05, 0.1) is 21.8 Å². The van der Waals surface area contributed by atoms with Gasteiger partial charge in [-0.1, -0.05) is 59.6 Å². The van der Waals surface area contributed by atoms with E-state index >= 15 is 0 Å². The fraction of sp³-hybridized carbons (Fsp3) is 0.222. The molecule has 0 aliphatic carbocycles. The Balaban J connectivity index is 1.73. The Hall–Kier alpha value is -2.08. The molecule has 25 heavy (non-hydrogen) atoms. The molecule has 1 atom stereocenters. The standard InChI is InChI=1S/C18H18Cl2N2O3/c1-12(13-6-3-2-4-7-13)21-16(23)10-25-11-17(24)22-15-9-5-8-14(19)18(15)20/h2-9,12H,10-11H2,1H3,(H,21,23)(H,22,24). The van der Waals surface area contributed by atoms with Gasteiger partial charge in [-0.3, -0.25) is 9.59 Å². The molecule has 0 radical (unpaired) electrons. The molecule has 7 heteroatoms. The Morgan fingerprint density at radius 1 is 1.00 bits per heavy atom. The predicted octanol–water partition coefficient (Wildman–Crippen LogP) is 3.83. The number of nitrogens with one attached hydrogen (secondary N) is 2. The number of hydrogen-bond acceptors (Lipinski definition) is 3. The summed E-state index contributed by atoms with van der Waals surface area (Å²) in [6.45, 7) is 1.39. The van der Waals surface area contributed by atoms with E-state index < -0.39 is 5.91 Å². The predicted molar refractivity (Wildman–Crippen MR) is 98.9 cm³/mol. The van der Waals surface area contributed by atoms with E-state index in [1.807, 2.05) is 37.3 Å². The Labute approximate surface area is 156 Å². The number of carbonyl (C=O) groups excluding carboxylic acids is 2. The Bertz CT molecular complexity index is 738. The zero-order valence-corrected chi connectivity index (χ0v) is 15.1. The number of ether oxygens (including phenoxy) is 1. The Kier molecular flexibility index (Phi) is 7.25. The number of amides is 2. The third-order valence-electron chi connectivity index (χ3n) is 3.37. The number of halogens is 2. The van der Waals surface area contributed by atoms with Crippen LogP contribution in [0.5, 0.6) is 0 Å². The topological polar surface area (TPSA) is 67.4 Å². The fourth-order valence-electron chi connectivity index (χ4n) is 2.13. The van der Waals surface area contributed by atoms with Crippen molar-refractivity contribution in [1.29, 1.82) is 0 Å². The van der Waals surface area contributed by atoms with Crippen LogP contribution in [0.2, 0.25) is 10.0 Å². The molecule has 0 fully saturated rings. The van der Waals surface area contributed by atoms with E-state index in [4.69, 9.17) is 27.9 Å². The van der Waals surface area contributed by atoms with Crippen LogP contribution in [-0.2, 0) is 14.3 Å². The van der Waals surface area contributed by atoms with Crippen LogP contribution in [0.4, 0.5) is 5.69 Å². The van der Waals surface area contributed by atoms with Crippen LogP contribution >= 0.6 is 23.2 Å². The summed E-state index contributed by atoms with van der Waals surface area (Å²) in [7, 11) is 0. The van der Waals surface area contributed by atoms with Crippen molar-refractivity contribution >= 4 is 40.7 Å². The first kappa shape index (κ1) is 19.2. The molecule has 5 nitrogen and oxygen atoms in total. The van der Waals surface area contributed by atoms with Crippen LogP contribution in [0.25, 0.3) is 0 Å². The summed E-state index contributed by atoms with van der Waals surface area (Å²) in [6.07, 6.45) is 0. The maximum atomic E-state index is 11.9. The number of hydrogen-bond donors (Lipinski definition) is 2. The molecule has 0 saturated heterocycles. The van der Waals surface area contributed by atoms with E-state index in [1.54, 1.807) is 18.2 Å². The van der Waals surface area contributed by atoms with E-state index in [2.05, 4.69) is 10.6 Å². The minimum absolute atomic E-state index is 0.142. The van der Waals surface area contributed by atoms with Crippen molar-refractivity contribution in [2.75, 3.05) is 18.5 Å². The fourth-order valence-corrected chi connectivity index (χ4v) is 2.48. The highest BCUT2D eigenvalue weighted by molar-refractivity contribution is 6.43. The third-order valence-corrected chi connectivity index (χ3v) is 4.19. The molecular weight excluding hydrogens is 363 g/mol. The molecular formula is C18H18Cl2N2O3. The van der Waals surface area contributed by atoms with Crippen molar-refractivity contribution in [3.63, 3.8) is 0 Å². The normalized spacial score (nSPS) is 11.6. The maximum absolute atomic E-state index is 11.9. The van der Waals surface area contributed by atoms with Gasteiger partial charge in [0.25, 0.3) is 0 Å². The lowest BCUT2D eigenvalue weighted by atomic mass is 10.1. The average Bonchev–Trinajstić information content (AvgIpc) is 2.59. The zero-order chi connectivity index (χ0) is 18.2. The van der Waals surface area contributed by atoms with Gasteiger partial charge in [0.15, 0.2) is 0 Å². The van der Waals surface area contributed by atoms with E-state index in [0.29, 0.717) is 10.7 Å². The largest absolute Gasteiger partial charge is 0.362 e. The number of benzene rings is 2. The SMILES string of the molecule is CC(NC(=O)COCC(=O)Nc1cccc(Cl)c1Cl)c1ccccc1. The highest BCUT2D eigenvalue weighted by Crippen LogP contribution is 2.29. The molecule has 0 aliphatic rings. The highest BCUT2D eigenvalue weighted by atomic mass is 35.5. The molecule has 1 unspecified atom stereocenters. The molecule has 2 N–H and O–H groups in total. The molecule has 0 heterocycles. The second-order valence-electron chi connectivity index (χ2n) is 5.34. The van der Waals surface area contributed by atoms with Crippen molar-refractivity contribution in [3.8, 4) is 0 Å². The second-order valence-corrected chi connectivity index (χ2v) is 6.13. The van der Waals surface area contributed by atoms with Crippen molar-refractivity contribution < 1.29 is 14.3 Å². The van der Waals surface area contributed by atoms with E-state index in [0.717, 1.165) is 5.56 Å². The van der Waals surface area contributed by atoms with E-state index in [9.17, 15) is 9.59 Å². The van der Waals surface area contributed by atoms with Crippen molar-refractivity contribution in [2.24, 2.45) is 0 Å². The molecule has 0 aromatic heterocycles. The zero-order valence-electron chi connectivity index (χ0n) is 13.6. The molecule has 2 rings (SSSR count). The van der Waals surface area contributed by atoms with Gasteiger partial charge >= 0.3 is 0 Å². The lowest BCUT2D eigenvalue weighted by Crippen LogP contribution is -2.31. The monoisotopic (exact) mass is 380 g/mol. The quantitative estimate of drug-likeness (QED) is 0.766. The molecule has 0 spiro atoms. The first-order valence-corrected chi connectivity index (χ1v) is 8.39. The minimum atomic E-state index is -0.423. The molecule has 2 aromatic carbocycles. The first-order chi connectivity index (χ1) is 12.0. The maximum Gasteiger partial charge on any atom is 0.250 e. The lowest BCUT2D eigenvalue weighted by Gasteiger charge is -2.14. The van der Waals surface area contributed by atoms with Crippen molar-refractivity contribution in [1.82, 2.24) is 5.32 Å². The van der Waals surface area contributed by atoms with E-state index in [1.165, 1.54) is 0 Å². The summed E-state index contributed by atoms with van der Waals surface area (Å²) in [5, 5.41) is 5.98. The lowest BCUT2D eigenvalue weighted by molar-refractivity contribution is -0.129. The van der Waals surface area contributed by atoms with Gasteiger partial charge in [0.2, 0.25) is 11.8 Å². The van der Waals surface area contributed by atoms with Gasteiger partial charge in [0, 0.05) is 0 Å². The van der Waals surface area contributed by atoms with Crippen LogP contribution in [-0.4, -0.2) is 25.0 Å². The van der Waals surface area contributed by atoms with Gasteiger partial charge in [0.1, 0.15) is 13.2 Å². The molecule has 0 bridgehead atoms. The number of anilines is 1. The summed E-state index contributed by atoms with van der Waals surface area (Å²) in [6, 6.07) is 14.3. The molecule has 0 aliphatic heterocycles. The van der Waals surface area contributed by atoms with Crippen LogP contribution in [0.15, 0.2) is 48.5 Å². The first-order valence-electron chi connectivity index (χ1n) is 7.63. The Morgan fingerprint density at radius 2 is 1.68 bits per heavy atom. The van der Waals surface area contributed by atoms with Gasteiger partial charge in [-0.2, -0.15) is 0 Å². The van der Waals surface area contributed by atoms with E-state index in [-0.39, 0.29) is 30.2 Å². The third kappa shape index (κ3) is 6.05.